The third-order valence-electron chi connectivity index (χ3n) is 2.98. The molecule has 2 heterocycles. The topological polar surface area (TPSA) is 65.6 Å². The molecule has 6 nitrogen and oxygen atoms in total. The zero-order valence-electron chi connectivity index (χ0n) is 13.3. The van der Waals surface area contributed by atoms with Crippen LogP contribution in [0.1, 0.15) is 27.7 Å². The molecule has 1 amide bonds. The summed E-state index contributed by atoms with van der Waals surface area (Å²) in [6.45, 7) is 14.6. The molecular formula is C14H30N4O2. The van der Waals surface area contributed by atoms with Crippen LogP contribution in [0.3, 0.4) is 0 Å². The van der Waals surface area contributed by atoms with E-state index in [4.69, 9.17) is 4.74 Å². The Hall–Kier alpha value is -0.850. The zero-order valence-corrected chi connectivity index (χ0v) is 13.3. The van der Waals surface area contributed by atoms with Crippen LogP contribution in [0.4, 0.5) is 4.79 Å². The first-order chi connectivity index (χ1) is 9.38. The molecule has 1 atom stereocenters. The molecule has 20 heavy (non-hydrogen) atoms. The molecular weight excluding hydrogens is 256 g/mol. The lowest BCUT2D eigenvalue weighted by atomic mass is 10.2. The first-order valence-electron chi connectivity index (χ1n) is 7.51. The Labute approximate surface area is 122 Å². The Kier molecular flexibility index (Phi) is 7.26. The summed E-state index contributed by atoms with van der Waals surface area (Å²) in [4.78, 5) is 13.4. The second-order valence-corrected chi connectivity index (χ2v) is 6.28. The van der Waals surface area contributed by atoms with Crippen molar-refractivity contribution in [3.05, 3.63) is 0 Å². The fourth-order valence-electron chi connectivity index (χ4n) is 2.03. The summed E-state index contributed by atoms with van der Waals surface area (Å²) in [7, 11) is 0. The van der Waals surface area contributed by atoms with Gasteiger partial charge in [0.1, 0.15) is 5.60 Å². The molecule has 0 aromatic rings. The lowest BCUT2D eigenvalue weighted by Gasteiger charge is -2.33. The summed E-state index contributed by atoms with van der Waals surface area (Å²) < 4.78 is 5.28. The van der Waals surface area contributed by atoms with Gasteiger partial charge < -0.3 is 25.6 Å². The van der Waals surface area contributed by atoms with Gasteiger partial charge in [-0.05, 0) is 27.7 Å². The Morgan fingerprint density at radius 2 is 1.65 bits per heavy atom. The van der Waals surface area contributed by atoms with E-state index in [1.54, 1.807) is 4.90 Å². The normalized spacial score (nSPS) is 23.6. The molecule has 0 saturated carbocycles. The van der Waals surface area contributed by atoms with E-state index in [1.165, 1.54) is 0 Å². The third-order valence-corrected chi connectivity index (χ3v) is 2.98. The molecule has 0 spiro atoms. The highest BCUT2D eigenvalue weighted by Gasteiger charge is 2.25. The maximum Gasteiger partial charge on any atom is 0.410 e. The molecule has 2 aliphatic rings. The minimum absolute atomic E-state index is 0.203. The number of rotatable bonds is 0. The first kappa shape index (κ1) is 17.2. The number of carbonyl (C=O) groups is 1. The van der Waals surface area contributed by atoms with Crippen LogP contribution < -0.4 is 16.0 Å². The highest BCUT2D eigenvalue weighted by molar-refractivity contribution is 5.68. The van der Waals surface area contributed by atoms with Crippen molar-refractivity contribution in [2.75, 3.05) is 45.8 Å². The highest BCUT2D eigenvalue weighted by Crippen LogP contribution is 2.11. The van der Waals surface area contributed by atoms with E-state index in [2.05, 4.69) is 22.9 Å². The van der Waals surface area contributed by atoms with Crippen LogP contribution in [0.15, 0.2) is 0 Å². The molecule has 118 valence electrons. The average Bonchev–Trinajstić information content (AvgIpc) is 2.39. The van der Waals surface area contributed by atoms with Crippen molar-refractivity contribution < 1.29 is 9.53 Å². The second kappa shape index (κ2) is 8.44. The molecule has 0 bridgehead atoms. The monoisotopic (exact) mass is 286 g/mol. The number of carbonyl (C=O) groups excluding carboxylic acids is 1. The van der Waals surface area contributed by atoms with Gasteiger partial charge in [-0.3, -0.25) is 0 Å². The van der Waals surface area contributed by atoms with Gasteiger partial charge in [0.25, 0.3) is 0 Å². The molecule has 2 fully saturated rings. The maximum atomic E-state index is 11.6. The van der Waals surface area contributed by atoms with Gasteiger partial charge in [-0.1, -0.05) is 0 Å². The summed E-state index contributed by atoms with van der Waals surface area (Å²) in [6, 6.07) is 0.358. The van der Waals surface area contributed by atoms with Gasteiger partial charge in [0.2, 0.25) is 0 Å². The summed E-state index contributed by atoms with van der Waals surface area (Å²) in [5, 5.41) is 9.72. The third kappa shape index (κ3) is 7.67. The fourth-order valence-corrected chi connectivity index (χ4v) is 2.03. The Morgan fingerprint density at radius 3 is 2.05 bits per heavy atom. The predicted molar refractivity (Wildman–Crippen MR) is 81.0 cm³/mol. The Balaban J connectivity index is 0.000000276. The van der Waals surface area contributed by atoms with Crippen LogP contribution >= 0.6 is 0 Å². The molecule has 0 unspecified atom stereocenters. The Morgan fingerprint density at radius 1 is 1.10 bits per heavy atom. The standard InChI is InChI=1S/C10H20N2O2.C4H10N2/c1-8-7-12(6-5-11-8)9(13)14-10(2,3)4;1-2-6-4-3-5-1/h8,11H,5-7H2,1-4H3;5-6H,1-4H2/t8-;/m0./s1. The lowest BCUT2D eigenvalue weighted by Crippen LogP contribution is -2.52. The van der Waals surface area contributed by atoms with Crippen LogP contribution in [-0.4, -0.2) is 68.4 Å². The highest BCUT2D eigenvalue weighted by atomic mass is 16.6. The van der Waals surface area contributed by atoms with Gasteiger partial charge in [-0.25, -0.2) is 4.79 Å². The summed E-state index contributed by atoms with van der Waals surface area (Å²) in [6.07, 6.45) is -0.203. The second-order valence-electron chi connectivity index (χ2n) is 6.28. The van der Waals surface area contributed by atoms with E-state index in [0.29, 0.717) is 6.04 Å². The van der Waals surface area contributed by atoms with Crippen molar-refractivity contribution in [2.45, 2.75) is 39.3 Å². The van der Waals surface area contributed by atoms with E-state index in [-0.39, 0.29) is 6.09 Å². The van der Waals surface area contributed by atoms with Crippen molar-refractivity contribution in [1.29, 1.82) is 0 Å². The fraction of sp³-hybridized carbons (Fsp3) is 0.929. The molecule has 0 aliphatic carbocycles. The summed E-state index contributed by atoms with van der Waals surface area (Å²) >= 11 is 0. The zero-order chi connectivity index (χ0) is 15.0. The molecule has 2 saturated heterocycles. The lowest BCUT2D eigenvalue weighted by molar-refractivity contribution is 0.0201. The quantitative estimate of drug-likeness (QED) is 0.601. The van der Waals surface area contributed by atoms with Crippen LogP contribution in [-0.2, 0) is 4.74 Å². The predicted octanol–water partition coefficient (Wildman–Crippen LogP) is 0.394. The molecule has 2 aliphatic heterocycles. The van der Waals surface area contributed by atoms with Crippen molar-refractivity contribution in [3.8, 4) is 0 Å². The minimum Gasteiger partial charge on any atom is -0.444 e. The number of nitrogens with zero attached hydrogens (tertiary/aromatic N) is 1. The molecule has 0 aromatic carbocycles. The summed E-state index contributed by atoms with van der Waals surface area (Å²) in [5.74, 6) is 0. The Bertz CT molecular complexity index is 276. The molecule has 0 aromatic heterocycles. The van der Waals surface area contributed by atoms with Crippen molar-refractivity contribution in [3.63, 3.8) is 0 Å². The number of ether oxygens (including phenoxy) is 1. The van der Waals surface area contributed by atoms with Crippen LogP contribution in [0.25, 0.3) is 0 Å². The van der Waals surface area contributed by atoms with Crippen molar-refractivity contribution in [2.24, 2.45) is 0 Å². The first-order valence-corrected chi connectivity index (χ1v) is 7.51. The van der Waals surface area contributed by atoms with Crippen molar-refractivity contribution in [1.82, 2.24) is 20.9 Å². The number of amides is 1. The largest absolute Gasteiger partial charge is 0.444 e. The van der Waals surface area contributed by atoms with Crippen molar-refractivity contribution >= 4 is 6.09 Å². The molecule has 2 rings (SSSR count). The van der Waals surface area contributed by atoms with Crippen LogP contribution in [0, 0.1) is 0 Å². The van der Waals surface area contributed by atoms with E-state index in [1.807, 2.05) is 20.8 Å². The van der Waals surface area contributed by atoms with E-state index < -0.39 is 5.60 Å². The number of piperazine rings is 2. The number of hydrogen-bond acceptors (Lipinski definition) is 5. The number of hydrogen-bond donors (Lipinski definition) is 3. The van der Waals surface area contributed by atoms with Crippen LogP contribution in [0.5, 0.6) is 0 Å². The van der Waals surface area contributed by atoms with Gasteiger partial charge in [-0.2, -0.15) is 0 Å². The molecule has 3 N–H and O–H groups in total. The average molecular weight is 286 g/mol. The SMILES string of the molecule is C1CNCCN1.C[C@H]1CN(C(=O)OC(C)(C)C)CCN1. The number of nitrogens with one attached hydrogen (secondary N) is 3. The molecule has 0 radical (unpaired) electrons. The van der Waals surface area contributed by atoms with Gasteiger partial charge in [-0.15, -0.1) is 0 Å². The minimum atomic E-state index is -0.398. The smallest absolute Gasteiger partial charge is 0.410 e. The van der Waals surface area contributed by atoms with E-state index >= 15 is 0 Å². The van der Waals surface area contributed by atoms with Gasteiger partial charge in [0.15, 0.2) is 0 Å². The molecule has 6 heteroatoms. The van der Waals surface area contributed by atoms with Gasteiger partial charge >= 0.3 is 6.09 Å². The summed E-state index contributed by atoms with van der Waals surface area (Å²) in [5.41, 5.74) is -0.398. The van der Waals surface area contributed by atoms with E-state index in [0.717, 1.165) is 45.8 Å². The van der Waals surface area contributed by atoms with Gasteiger partial charge in [0, 0.05) is 51.9 Å². The van der Waals surface area contributed by atoms with Gasteiger partial charge in [0.05, 0.1) is 0 Å². The maximum absolute atomic E-state index is 11.6. The van der Waals surface area contributed by atoms with Crippen LogP contribution in [0.2, 0.25) is 0 Å². The van der Waals surface area contributed by atoms with E-state index in [9.17, 15) is 4.79 Å².